The lowest BCUT2D eigenvalue weighted by molar-refractivity contribution is 0.451. The smallest absolute Gasteiger partial charge is 0.188 e. The number of hydrogen-bond donors (Lipinski definition) is 4. The molecule has 5 rings (SSSR count). The number of nitrogens with two attached hydrogens (primary N) is 2. The maximum absolute atomic E-state index is 7.60. The molecule has 0 fully saturated rings. The molecule has 6 N–H and O–H groups in total. The van der Waals surface area contributed by atoms with Crippen LogP contribution < -0.4 is 11.5 Å². The molecule has 3 heterocycles. The number of nitrogens with zero attached hydrogens (tertiary/aromatic N) is 5. The number of aryl methyl sites for hydroxylation is 1. The zero-order chi connectivity index (χ0) is 25.2. The van der Waals surface area contributed by atoms with Crippen LogP contribution in [0.1, 0.15) is 29.5 Å². The average molecular weight is 482 g/mol. The van der Waals surface area contributed by atoms with Crippen LogP contribution in [-0.4, -0.2) is 62.9 Å². The summed E-state index contributed by atoms with van der Waals surface area (Å²) in [7, 11) is 0. The molecule has 0 bridgehead atoms. The van der Waals surface area contributed by atoms with E-state index in [4.69, 9.17) is 22.3 Å². The van der Waals surface area contributed by atoms with Gasteiger partial charge in [-0.25, -0.2) is 4.68 Å². The molecule has 1 aromatic heterocycles. The van der Waals surface area contributed by atoms with Crippen molar-refractivity contribution in [3.63, 3.8) is 0 Å². The Kier molecular flexibility index (Phi) is 6.28. The number of benzene rings is 2. The van der Waals surface area contributed by atoms with E-state index in [-0.39, 0.29) is 11.9 Å². The van der Waals surface area contributed by atoms with Crippen molar-refractivity contribution in [2.24, 2.45) is 11.5 Å². The Balaban J connectivity index is 1.30. The summed E-state index contributed by atoms with van der Waals surface area (Å²) in [4.78, 5) is 3.72. The molecule has 0 atom stereocenters. The summed E-state index contributed by atoms with van der Waals surface area (Å²) in [5.74, 6) is 0.251. The fraction of sp³-hybridized carbons (Fsp3) is 0.259. The average Bonchev–Trinajstić information content (AvgIpc) is 3.39. The van der Waals surface area contributed by atoms with Crippen LogP contribution in [0.3, 0.4) is 0 Å². The van der Waals surface area contributed by atoms with Crippen molar-refractivity contribution < 1.29 is 0 Å². The van der Waals surface area contributed by atoms with Crippen molar-refractivity contribution in [3.8, 4) is 16.9 Å². The van der Waals surface area contributed by atoms with Crippen LogP contribution in [0.5, 0.6) is 0 Å². The molecule has 0 spiro atoms. The van der Waals surface area contributed by atoms with Crippen molar-refractivity contribution in [3.05, 3.63) is 77.5 Å². The highest BCUT2D eigenvalue weighted by atomic mass is 15.4. The fourth-order valence-electron chi connectivity index (χ4n) is 4.78. The summed E-state index contributed by atoms with van der Waals surface area (Å²) in [6.45, 7) is 4.97. The van der Waals surface area contributed by atoms with Crippen molar-refractivity contribution in [2.45, 2.75) is 19.8 Å². The molecule has 3 aromatic rings. The Labute approximate surface area is 210 Å². The number of guanidine groups is 2. The summed E-state index contributed by atoms with van der Waals surface area (Å²) >= 11 is 0. The Hall–Kier alpha value is -4.40. The Bertz CT molecular complexity index is 1360. The highest BCUT2D eigenvalue weighted by Crippen LogP contribution is 2.28. The largest absolute Gasteiger partial charge is 0.370 e. The third-order valence-electron chi connectivity index (χ3n) is 6.96. The van der Waals surface area contributed by atoms with Crippen molar-refractivity contribution in [1.82, 2.24) is 24.8 Å². The number of rotatable bonds is 4. The molecule has 184 valence electrons. The molecule has 36 heavy (non-hydrogen) atoms. The minimum atomic E-state index is 0.125. The van der Waals surface area contributed by atoms with Gasteiger partial charge in [0.25, 0.3) is 0 Å². The Morgan fingerprint density at radius 1 is 0.806 bits per heavy atom. The summed E-state index contributed by atoms with van der Waals surface area (Å²) in [5.41, 5.74) is 20.1. The molecule has 0 amide bonds. The van der Waals surface area contributed by atoms with E-state index in [9.17, 15) is 0 Å². The predicted molar refractivity (Wildman–Crippen MR) is 144 cm³/mol. The molecule has 2 aliphatic heterocycles. The van der Waals surface area contributed by atoms with Crippen molar-refractivity contribution in [2.75, 3.05) is 26.2 Å². The van der Waals surface area contributed by atoms with Crippen LogP contribution in [0, 0.1) is 17.7 Å². The second kappa shape index (κ2) is 9.69. The minimum Gasteiger partial charge on any atom is -0.370 e. The first-order chi connectivity index (χ1) is 17.4. The zero-order valence-corrected chi connectivity index (χ0v) is 20.4. The Morgan fingerprint density at radius 3 is 1.89 bits per heavy atom. The SMILES string of the molecule is Cc1cc(C2=CCN(C(=N)N)CC2)ccc1-n1cc(-c2ccc(C3=CCN(C(=N)N)CC3)cc2)nn1. The van der Waals surface area contributed by atoms with E-state index in [1.807, 2.05) is 20.7 Å². The van der Waals surface area contributed by atoms with Gasteiger partial charge in [0, 0.05) is 31.7 Å². The van der Waals surface area contributed by atoms with E-state index in [0.717, 1.165) is 48.4 Å². The highest BCUT2D eigenvalue weighted by molar-refractivity contribution is 5.78. The first-order valence-corrected chi connectivity index (χ1v) is 12.1. The van der Waals surface area contributed by atoms with Crippen LogP contribution in [-0.2, 0) is 0 Å². The first kappa shape index (κ1) is 23.3. The first-order valence-electron chi connectivity index (χ1n) is 12.1. The van der Waals surface area contributed by atoms with Gasteiger partial charge in [-0.2, -0.15) is 0 Å². The molecule has 0 saturated heterocycles. The third-order valence-corrected chi connectivity index (χ3v) is 6.96. The quantitative estimate of drug-likeness (QED) is 0.334. The molecule has 0 unspecified atom stereocenters. The third kappa shape index (κ3) is 4.72. The summed E-state index contributed by atoms with van der Waals surface area (Å²) in [6, 6.07) is 14.8. The number of hydrogen-bond acceptors (Lipinski definition) is 4. The molecule has 9 nitrogen and oxygen atoms in total. The molecule has 9 heteroatoms. The standard InChI is InChI=1S/C27H31N9/c1-18-16-23(21-10-14-35(15-11-21)27(30)31)6-7-25(18)36-17-24(32-33-36)22-4-2-19(3-5-22)20-8-12-34(13-9-20)26(28)29/h2-8,10,16-17H,9,11-15H2,1H3,(H3,28,29)(H3,30,31). The van der Waals surface area contributed by atoms with Gasteiger partial charge < -0.3 is 21.3 Å². The lowest BCUT2D eigenvalue weighted by atomic mass is 9.97. The van der Waals surface area contributed by atoms with E-state index in [2.05, 4.69) is 71.9 Å². The topological polar surface area (TPSA) is 137 Å². The zero-order valence-electron chi connectivity index (χ0n) is 20.4. The summed E-state index contributed by atoms with van der Waals surface area (Å²) < 4.78 is 1.83. The molecule has 0 radical (unpaired) electrons. The normalized spacial score (nSPS) is 15.9. The van der Waals surface area contributed by atoms with Gasteiger partial charge in [-0.1, -0.05) is 47.7 Å². The van der Waals surface area contributed by atoms with Crippen LogP contribution in [0.25, 0.3) is 28.1 Å². The highest BCUT2D eigenvalue weighted by Gasteiger charge is 2.16. The van der Waals surface area contributed by atoms with Gasteiger partial charge >= 0.3 is 0 Å². The number of nitrogens with one attached hydrogen (secondary N) is 2. The van der Waals surface area contributed by atoms with Gasteiger partial charge in [-0.3, -0.25) is 10.8 Å². The van der Waals surface area contributed by atoms with E-state index >= 15 is 0 Å². The fourth-order valence-corrected chi connectivity index (χ4v) is 4.78. The van der Waals surface area contributed by atoms with Gasteiger partial charge in [0.15, 0.2) is 11.9 Å². The van der Waals surface area contributed by atoms with E-state index in [1.165, 1.54) is 22.3 Å². The van der Waals surface area contributed by atoms with Gasteiger partial charge in [-0.05, 0) is 59.7 Å². The van der Waals surface area contributed by atoms with Gasteiger partial charge in [-0.15, -0.1) is 5.10 Å². The molecular weight excluding hydrogens is 450 g/mol. The Morgan fingerprint density at radius 2 is 1.36 bits per heavy atom. The van der Waals surface area contributed by atoms with Gasteiger partial charge in [0.05, 0.1) is 11.9 Å². The predicted octanol–water partition coefficient (Wildman–Crippen LogP) is 3.21. The van der Waals surface area contributed by atoms with Crippen molar-refractivity contribution in [1.29, 1.82) is 10.8 Å². The van der Waals surface area contributed by atoms with Crippen LogP contribution in [0.4, 0.5) is 0 Å². The van der Waals surface area contributed by atoms with E-state index in [0.29, 0.717) is 13.1 Å². The molecule has 2 aliphatic rings. The molecule has 0 saturated carbocycles. The minimum absolute atomic E-state index is 0.125. The lowest BCUT2D eigenvalue weighted by Gasteiger charge is -2.26. The van der Waals surface area contributed by atoms with Crippen LogP contribution in [0.15, 0.2) is 60.8 Å². The maximum Gasteiger partial charge on any atom is 0.188 e. The molecule has 2 aromatic carbocycles. The van der Waals surface area contributed by atoms with Crippen LogP contribution >= 0.6 is 0 Å². The second-order valence-corrected chi connectivity index (χ2v) is 9.25. The van der Waals surface area contributed by atoms with Gasteiger partial charge in [0.2, 0.25) is 0 Å². The van der Waals surface area contributed by atoms with E-state index in [1.54, 1.807) is 0 Å². The van der Waals surface area contributed by atoms with E-state index < -0.39 is 0 Å². The maximum atomic E-state index is 7.60. The molecular formula is C27H31N9. The second-order valence-electron chi connectivity index (χ2n) is 9.25. The summed E-state index contributed by atoms with van der Waals surface area (Å²) in [5, 5.41) is 24.0. The number of aromatic nitrogens is 3. The van der Waals surface area contributed by atoms with Crippen LogP contribution in [0.2, 0.25) is 0 Å². The molecule has 0 aliphatic carbocycles. The lowest BCUT2D eigenvalue weighted by Crippen LogP contribution is -2.39. The van der Waals surface area contributed by atoms with Gasteiger partial charge in [0.1, 0.15) is 5.69 Å². The van der Waals surface area contributed by atoms with Crippen molar-refractivity contribution >= 4 is 23.1 Å². The monoisotopic (exact) mass is 481 g/mol. The summed E-state index contributed by atoms with van der Waals surface area (Å²) in [6.07, 6.45) is 8.00.